The van der Waals surface area contributed by atoms with Crippen LogP contribution >= 0.6 is 0 Å². The van der Waals surface area contributed by atoms with Gasteiger partial charge in [0.05, 0.1) is 0 Å². The molecule has 0 saturated heterocycles. The fraction of sp³-hybridized carbons (Fsp3) is 0.684. The molecular formula is C19H31NO. The monoisotopic (exact) mass is 289 g/mol. The summed E-state index contributed by atoms with van der Waals surface area (Å²) in [7, 11) is 0. The van der Waals surface area contributed by atoms with E-state index in [1.54, 1.807) is 0 Å². The highest BCUT2D eigenvalue weighted by Crippen LogP contribution is 2.28. The molecule has 2 rings (SSSR count). The minimum Gasteiger partial charge on any atom is -0.381 e. The first-order valence-electron chi connectivity index (χ1n) is 8.76. The van der Waals surface area contributed by atoms with Gasteiger partial charge >= 0.3 is 0 Å². The fourth-order valence-electron chi connectivity index (χ4n) is 2.66. The van der Waals surface area contributed by atoms with Crippen LogP contribution in [0.4, 0.5) is 0 Å². The van der Waals surface area contributed by atoms with Gasteiger partial charge in [-0.25, -0.2) is 0 Å². The van der Waals surface area contributed by atoms with Gasteiger partial charge in [-0.05, 0) is 43.7 Å². The molecule has 0 aliphatic heterocycles. The van der Waals surface area contributed by atoms with E-state index in [2.05, 4.69) is 42.6 Å². The Morgan fingerprint density at radius 2 is 1.95 bits per heavy atom. The first kappa shape index (κ1) is 16.5. The molecule has 21 heavy (non-hydrogen) atoms. The van der Waals surface area contributed by atoms with Crippen LogP contribution in [0.25, 0.3) is 0 Å². The molecule has 118 valence electrons. The molecule has 1 aliphatic carbocycles. The molecule has 1 saturated carbocycles. The predicted octanol–water partition coefficient (Wildman–Crippen LogP) is 4.71. The molecule has 1 atom stereocenters. The molecule has 1 aromatic rings. The molecule has 2 nitrogen and oxygen atoms in total. The Labute approximate surface area is 130 Å². The quantitative estimate of drug-likeness (QED) is 0.562. The normalized spacial score (nSPS) is 16.0. The summed E-state index contributed by atoms with van der Waals surface area (Å²) in [6.07, 6.45) is 9.04. The minimum atomic E-state index is 0.501. The maximum atomic E-state index is 5.70. The highest BCUT2D eigenvalue weighted by molar-refractivity contribution is 5.18. The summed E-state index contributed by atoms with van der Waals surface area (Å²) in [5.41, 5.74) is 1.42. The van der Waals surface area contributed by atoms with Gasteiger partial charge in [0.2, 0.25) is 0 Å². The van der Waals surface area contributed by atoms with Crippen LogP contribution in [0.1, 0.15) is 63.5 Å². The molecule has 1 fully saturated rings. The van der Waals surface area contributed by atoms with Crippen molar-refractivity contribution in [2.75, 3.05) is 19.8 Å². The van der Waals surface area contributed by atoms with Crippen molar-refractivity contribution in [1.82, 2.24) is 5.32 Å². The summed E-state index contributed by atoms with van der Waals surface area (Å²) in [6.45, 7) is 5.21. The lowest BCUT2D eigenvalue weighted by atomic mass is 10.0. The number of hydrogen-bond donors (Lipinski definition) is 1. The third-order valence-electron chi connectivity index (χ3n) is 4.20. The van der Waals surface area contributed by atoms with E-state index in [1.165, 1.54) is 44.1 Å². The smallest absolute Gasteiger partial charge is 0.0494 e. The van der Waals surface area contributed by atoms with Crippen molar-refractivity contribution in [3.8, 4) is 0 Å². The van der Waals surface area contributed by atoms with E-state index < -0.39 is 0 Å². The highest BCUT2D eigenvalue weighted by Gasteiger charge is 2.20. The van der Waals surface area contributed by atoms with Crippen molar-refractivity contribution >= 4 is 0 Å². The molecule has 1 N–H and O–H groups in total. The van der Waals surface area contributed by atoms with Crippen LogP contribution in [0.15, 0.2) is 30.3 Å². The third kappa shape index (κ3) is 7.10. The van der Waals surface area contributed by atoms with Crippen LogP contribution in [0, 0.1) is 5.92 Å². The van der Waals surface area contributed by atoms with E-state index in [-0.39, 0.29) is 0 Å². The Hall–Kier alpha value is -0.860. The Kier molecular flexibility index (Phi) is 7.83. The lowest BCUT2D eigenvalue weighted by Gasteiger charge is -2.19. The second-order valence-corrected chi connectivity index (χ2v) is 6.29. The molecule has 0 amide bonds. The summed E-state index contributed by atoms with van der Waals surface area (Å²) < 4.78 is 5.70. The predicted molar refractivity (Wildman–Crippen MR) is 89.5 cm³/mol. The topological polar surface area (TPSA) is 21.3 Å². The standard InChI is InChI=1S/C19H31NO/c1-2-3-5-11-19(18-9-6-4-7-10-18)20-14-8-15-21-16-17-12-13-17/h4,6-7,9-10,17,19-20H,2-3,5,8,11-16H2,1H3. The van der Waals surface area contributed by atoms with Crippen molar-refractivity contribution in [1.29, 1.82) is 0 Å². The van der Waals surface area contributed by atoms with Gasteiger partial charge < -0.3 is 10.1 Å². The first-order valence-corrected chi connectivity index (χ1v) is 8.76. The summed E-state index contributed by atoms with van der Waals surface area (Å²) in [6, 6.07) is 11.4. The molecule has 0 bridgehead atoms. The van der Waals surface area contributed by atoms with Crippen molar-refractivity contribution in [2.45, 2.75) is 57.9 Å². The Morgan fingerprint density at radius 1 is 1.14 bits per heavy atom. The fourth-order valence-corrected chi connectivity index (χ4v) is 2.66. The van der Waals surface area contributed by atoms with Crippen molar-refractivity contribution in [3.05, 3.63) is 35.9 Å². The van der Waals surface area contributed by atoms with Gasteiger partial charge in [0, 0.05) is 19.3 Å². The van der Waals surface area contributed by atoms with Crippen molar-refractivity contribution in [2.24, 2.45) is 5.92 Å². The zero-order valence-electron chi connectivity index (χ0n) is 13.5. The van der Waals surface area contributed by atoms with Gasteiger partial charge in [-0.2, -0.15) is 0 Å². The average Bonchev–Trinajstić information content (AvgIpc) is 3.34. The van der Waals surface area contributed by atoms with E-state index in [0.717, 1.165) is 32.1 Å². The number of benzene rings is 1. The lowest BCUT2D eigenvalue weighted by molar-refractivity contribution is 0.121. The first-order chi connectivity index (χ1) is 10.4. The maximum absolute atomic E-state index is 5.70. The van der Waals surface area contributed by atoms with Gasteiger partial charge in [0.1, 0.15) is 0 Å². The molecule has 1 aliphatic rings. The maximum Gasteiger partial charge on any atom is 0.0494 e. The molecule has 1 unspecified atom stereocenters. The van der Waals surface area contributed by atoms with Gasteiger partial charge in [-0.15, -0.1) is 0 Å². The Bertz CT molecular complexity index is 361. The summed E-state index contributed by atoms with van der Waals surface area (Å²) in [5, 5.41) is 3.72. The molecular weight excluding hydrogens is 258 g/mol. The van der Waals surface area contributed by atoms with Crippen LogP contribution in [0.2, 0.25) is 0 Å². The average molecular weight is 289 g/mol. The lowest BCUT2D eigenvalue weighted by Crippen LogP contribution is -2.23. The Balaban J connectivity index is 1.65. The molecule has 1 aromatic carbocycles. The largest absolute Gasteiger partial charge is 0.381 e. The van der Waals surface area contributed by atoms with E-state index in [1.807, 2.05) is 0 Å². The van der Waals surface area contributed by atoms with Gasteiger partial charge in [-0.1, -0.05) is 56.5 Å². The number of hydrogen-bond acceptors (Lipinski definition) is 2. The van der Waals surface area contributed by atoms with E-state index >= 15 is 0 Å². The highest BCUT2D eigenvalue weighted by atomic mass is 16.5. The van der Waals surface area contributed by atoms with Crippen LogP contribution in [0.5, 0.6) is 0 Å². The molecule has 0 spiro atoms. The van der Waals surface area contributed by atoms with Crippen LogP contribution in [-0.2, 0) is 4.74 Å². The second-order valence-electron chi connectivity index (χ2n) is 6.29. The molecule has 0 aromatic heterocycles. The molecule has 0 heterocycles. The van der Waals surface area contributed by atoms with Crippen LogP contribution < -0.4 is 5.32 Å². The second kappa shape index (κ2) is 9.97. The molecule has 2 heteroatoms. The SMILES string of the molecule is CCCCCC(NCCCOCC1CC1)c1ccccc1. The van der Waals surface area contributed by atoms with Crippen molar-refractivity contribution < 1.29 is 4.74 Å². The number of unbranched alkanes of at least 4 members (excludes halogenated alkanes) is 2. The summed E-state index contributed by atoms with van der Waals surface area (Å²) >= 11 is 0. The number of nitrogens with one attached hydrogen (secondary N) is 1. The summed E-state index contributed by atoms with van der Waals surface area (Å²) in [4.78, 5) is 0. The Morgan fingerprint density at radius 3 is 2.67 bits per heavy atom. The summed E-state index contributed by atoms with van der Waals surface area (Å²) in [5.74, 6) is 0.879. The zero-order valence-corrected chi connectivity index (χ0v) is 13.5. The van der Waals surface area contributed by atoms with Gasteiger partial charge in [-0.3, -0.25) is 0 Å². The van der Waals surface area contributed by atoms with E-state index in [9.17, 15) is 0 Å². The number of ether oxygens (including phenoxy) is 1. The van der Waals surface area contributed by atoms with Gasteiger partial charge in [0.25, 0.3) is 0 Å². The number of rotatable bonds is 12. The third-order valence-corrected chi connectivity index (χ3v) is 4.20. The van der Waals surface area contributed by atoms with E-state index in [0.29, 0.717) is 6.04 Å². The van der Waals surface area contributed by atoms with Crippen molar-refractivity contribution in [3.63, 3.8) is 0 Å². The van der Waals surface area contributed by atoms with Crippen LogP contribution in [0.3, 0.4) is 0 Å². The van der Waals surface area contributed by atoms with Gasteiger partial charge in [0.15, 0.2) is 0 Å². The zero-order chi connectivity index (χ0) is 14.8. The van der Waals surface area contributed by atoms with Crippen LogP contribution in [-0.4, -0.2) is 19.8 Å². The minimum absolute atomic E-state index is 0.501. The van der Waals surface area contributed by atoms with E-state index in [4.69, 9.17) is 4.74 Å². The molecule has 0 radical (unpaired) electrons.